The number of esters is 1. The van der Waals surface area contributed by atoms with Gasteiger partial charge in [-0.25, -0.2) is 9.78 Å². The van der Waals surface area contributed by atoms with Crippen LogP contribution in [0.15, 0.2) is 46.9 Å². The highest BCUT2D eigenvalue weighted by Crippen LogP contribution is 2.30. The second-order valence-corrected chi connectivity index (χ2v) is 6.67. The maximum absolute atomic E-state index is 12.5. The zero-order valence-corrected chi connectivity index (χ0v) is 15.3. The predicted molar refractivity (Wildman–Crippen MR) is 102 cm³/mol. The number of methoxy groups -OCH3 is 2. The fourth-order valence-electron chi connectivity index (χ4n) is 2.69. The molecule has 2 heterocycles. The number of rotatable bonds is 4. The molecule has 0 aliphatic rings. The first-order chi connectivity index (χ1) is 13.1. The summed E-state index contributed by atoms with van der Waals surface area (Å²) in [6, 6.07) is 12.1. The van der Waals surface area contributed by atoms with Crippen molar-refractivity contribution in [3.05, 3.63) is 53.8 Å². The predicted octanol–water partition coefficient (Wildman–Crippen LogP) is 4.09. The van der Waals surface area contributed by atoms with Gasteiger partial charge in [0.05, 0.1) is 30.0 Å². The van der Waals surface area contributed by atoms with Crippen LogP contribution in [0.2, 0.25) is 0 Å². The van der Waals surface area contributed by atoms with Crippen LogP contribution >= 0.6 is 11.3 Å². The molecule has 4 aromatic rings. The Labute approximate surface area is 157 Å². The van der Waals surface area contributed by atoms with E-state index in [4.69, 9.17) is 13.9 Å². The average Bonchev–Trinajstić information content (AvgIpc) is 3.29. The van der Waals surface area contributed by atoms with Crippen LogP contribution in [0.3, 0.4) is 0 Å². The summed E-state index contributed by atoms with van der Waals surface area (Å²) in [4.78, 5) is 28.5. The van der Waals surface area contributed by atoms with E-state index in [1.54, 1.807) is 37.4 Å². The number of furan rings is 1. The van der Waals surface area contributed by atoms with Crippen LogP contribution in [0.25, 0.3) is 21.2 Å². The van der Waals surface area contributed by atoms with Crippen LogP contribution in [0.5, 0.6) is 5.75 Å². The number of carbonyl (C=O) groups is 2. The Balaban J connectivity index is 1.61. The number of hydrogen-bond acceptors (Lipinski definition) is 7. The smallest absolute Gasteiger partial charge is 0.337 e. The molecule has 2 aromatic heterocycles. The van der Waals surface area contributed by atoms with Crippen molar-refractivity contribution in [2.75, 3.05) is 19.5 Å². The molecule has 0 aliphatic carbocycles. The van der Waals surface area contributed by atoms with Crippen LogP contribution in [0.1, 0.15) is 20.9 Å². The summed E-state index contributed by atoms with van der Waals surface area (Å²) in [7, 11) is 2.87. The van der Waals surface area contributed by atoms with Gasteiger partial charge in [0.25, 0.3) is 5.91 Å². The van der Waals surface area contributed by atoms with Crippen molar-refractivity contribution in [2.24, 2.45) is 0 Å². The van der Waals surface area contributed by atoms with Crippen molar-refractivity contribution in [2.45, 2.75) is 0 Å². The summed E-state index contributed by atoms with van der Waals surface area (Å²) in [5, 5.41) is 3.90. The molecule has 4 rings (SSSR count). The van der Waals surface area contributed by atoms with E-state index in [1.165, 1.54) is 18.4 Å². The van der Waals surface area contributed by atoms with Crippen LogP contribution in [-0.4, -0.2) is 31.1 Å². The zero-order chi connectivity index (χ0) is 19.0. The molecular formula is C19H14N2O5S. The van der Waals surface area contributed by atoms with E-state index < -0.39 is 11.9 Å². The van der Waals surface area contributed by atoms with Gasteiger partial charge in [0.1, 0.15) is 0 Å². The Morgan fingerprint density at radius 3 is 2.78 bits per heavy atom. The molecule has 0 atom stereocenters. The molecule has 0 fully saturated rings. The highest BCUT2D eigenvalue weighted by molar-refractivity contribution is 7.22. The lowest BCUT2D eigenvalue weighted by Crippen LogP contribution is -2.10. The van der Waals surface area contributed by atoms with Gasteiger partial charge in [-0.1, -0.05) is 23.5 Å². The number of fused-ring (bicyclic) bond motifs is 2. The van der Waals surface area contributed by atoms with E-state index in [2.05, 4.69) is 10.3 Å². The summed E-state index contributed by atoms with van der Waals surface area (Å²) in [5.74, 6) is -0.126. The van der Waals surface area contributed by atoms with Gasteiger partial charge in [0.2, 0.25) is 0 Å². The highest BCUT2D eigenvalue weighted by atomic mass is 32.1. The molecular weight excluding hydrogens is 368 g/mol. The van der Waals surface area contributed by atoms with Crippen LogP contribution in [0.4, 0.5) is 5.13 Å². The van der Waals surface area contributed by atoms with Crippen molar-refractivity contribution in [1.82, 2.24) is 4.98 Å². The van der Waals surface area contributed by atoms with Crippen LogP contribution < -0.4 is 10.1 Å². The van der Waals surface area contributed by atoms with Gasteiger partial charge in [-0.3, -0.25) is 10.1 Å². The first-order valence-electron chi connectivity index (χ1n) is 7.96. The number of amides is 1. The Hall–Kier alpha value is -3.39. The topological polar surface area (TPSA) is 90.7 Å². The van der Waals surface area contributed by atoms with E-state index >= 15 is 0 Å². The number of aromatic nitrogens is 1. The van der Waals surface area contributed by atoms with Gasteiger partial charge in [0, 0.05) is 5.39 Å². The van der Waals surface area contributed by atoms with Gasteiger partial charge in [-0.15, -0.1) is 0 Å². The monoisotopic (exact) mass is 382 g/mol. The molecule has 0 saturated carbocycles. The van der Waals surface area contributed by atoms with Crippen molar-refractivity contribution < 1.29 is 23.5 Å². The number of hydrogen-bond donors (Lipinski definition) is 1. The van der Waals surface area contributed by atoms with Crippen molar-refractivity contribution in [3.8, 4) is 5.75 Å². The lowest BCUT2D eigenvalue weighted by molar-refractivity contribution is 0.0601. The SMILES string of the molecule is COC(=O)c1ccc2nc(NC(=O)c3cc4cccc(OC)c4o3)sc2c1. The molecule has 0 radical (unpaired) electrons. The molecule has 2 aromatic carbocycles. The van der Waals surface area contributed by atoms with E-state index in [9.17, 15) is 9.59 Å². The molecule has 0 saturated heterocycles. The Bertz CT molecular complexity index is 1180. The van der Waals surface area contributed by atoms with Gasteiger partial charge < -0.3 is 13.9 Å². The normalized spacial score (nSPS) is 10.9. The zero-order valence-electron chi connectivity index (χ0n) is 14.4. The molecule has 27 heavy (non-hydrogen) atoms. The summed E-state index contributed by atoms with van der Waals surface area (Å²) >= 11 is 1.26. The number of anilines is 1. The lowest BCUT2D eigenvalue weighted by atomic mass is 10.2. The van der Waals surface area contributed by atoms with Gasteiger partial charge >= 0.3 is 5.97 Å². The minimum absolute atomic E-state index is 0.156. The molecule has 8 heteroatoms. The molecule has 7 nitrogen and oxygen atoms in total. The Kier molecular flexibility index (Phi) is 4.25. The molecule has 136 valence electrons. The second kappa shape index (κ2) is 6.73. The lowest BCUT2D eigenvalue weighted by Gasteiger charge is -1.99. The van der Waals surface area contributed by atoms with Crippen LogP contribution in [-0.2, 0) is 4.74 Å². The van der Waals surface area contributed by atoms with Gasteiger partial charge in [-0.05, 0) is 30.3 Å². The minimum atomic E-state index is -0.424. The van der Waals surface area contributed by atoms with E-state index in [1.807, 2.05) is 12.1 Å². The minimum Gasteiger partial charge on any atom is -0.493 e. The molecule has 0 spiro atoms. The van der Waals surface area contributed by atoms with Crippen molar-refractivity contribution in [1.29, 1.82) is 0 Å². The summed E-state index contributed by atoms with van der Waals surface area (Å²) < 4.78 is 16.4. The number of thiazole rings is 1. The maximum atomic E-state index is 12.5. The summed E-state index contributed by atoms with van der Waals surface area (Å²) in [6.45, 7) is 0. The van der Waals surface area contributed by atoms with Crippen molar-refractivity contribution in [3.63, 3.8) is 0 Å². The fourth-order valence-corrected chi connectivity index (χ4v) is 3.59. The first-order valence-corrected chi connectivity index (χ1v) is 8.77. The molecule has 1 amide bonds. The quantitative estimate of drug-likeness (QED) is 0.535. The number of carbonyl (C=O) groups excluding carboxylic acids is 2. The number of benzene rings is 2. The summed E-state index contributed by atoms with van der Waals surface area (Å²) in [6.07, 6.45) is 0. The van der Waals surface area contributed by atoms with E-state index in [-0.39, 0.29) is 5.76 Å². The second-order valence-electron chi connectivity index (χ2n) is 5.64. The van der Waals surface area contributed by atoms with E-state index in [0.717, 1.165) is 10.1 Å². The third kappa shape index (κ3) is 3.11. The van der Waals surface area contributed by atoms with Crippen molar-refractivity contribution >= 4 is 49.5 Å². The number of nitrogens with zero attached hydrogens (tertiary/aromatic N) is 1. The fraction of sp³-hybridized carbons (Fsp3) is 0.105. The number of para-hydroxylation sites is 1. The highest BCUT2D eigenvalue weighted by Gasteiger charge is 2.17. The van der Waals surface area contributed by atoms with Crippen LogP contribution in [0, 0.1) is 0 Å². The third-order valence-corrected chi connectivity index (χ3v) is 4.92. The Morgan fingerprint density at radius 1 is 1.15 bits per heavy atom. The number of nitrogens with one attached hydrogen (secondary N) is 1. The largest absolute Gasteiger partial charge is 0.493 e. The summed E-state index contributed by atoms with van der Waals surface area (Å²) in [5.41, 5.74) is 1.61. The average molecular weight is 382 g/mol. The third-order valence-electron chi connectivity index (χ3n) is 3.98. The molecule has 0 aliphatic heterocycles. The van der Waals surface area contributed by atoms with E-state index in [0.29, 0.717) is 27.5 Å². The molecule has 1 N–H and O–H groups in total. The number of ether oxygens (including phenoxy) is 2. The standard InChI is InChI=1S/C19H14N2O5S/c1-24-13-5-3-4-10-8-14(26-16(10)13)17(22)21-19-20-12-7-6-11(18(23)25-2)9-15(12)27-19/h3-9H,1-2H3,(H,20,21,22). The first kappa shape index (κ1) is 17.0. The van der Waals surface area contributed by atoms with Gasteiger partial charge in [0.15, 0.2) is 22.2 Å². The maximum Gasteiger partial charge on any atom is 0.337 e. The molecule has 0 unspecified atom stereocenters. The molecule has 0 bridgehead atoms. The Morgan fingerprint density at radius 2 is 2.00 bits per heavy atom. The van der Waals surface area contributed by atoms with Gasteiger partial charge in [-0.2, -0.15) is 0 Å².